The summed E-state index contributed by atoms with van der Waals surface area (Å²) in [4.78, 5) is 22.0. The fourth-order valence-corrected chi connectivity index (χ4v) is 2.83. The number of rotatable bonds is 12. The van der Waals surface area contributed by atoms with Crippen LogP contribution in [0.5, 0.6) is 0 Å². The van der Waals surface area contributed by atoms with Crippen LogP contribution in [0.25, 0.3) is 0 Å². The third-order valence-corrected chi connectivity index (χ3v) is 4.38. The lowest BCUT2D eigenvalue weighted by Crippen LogP contribution is -2.32. The van der Waals surface area contributed by atoms with Crippen molar-refractivity contribution in [1.29, 1.82) is 0 Å². The summed E-state index contributed by atoms with van der Waals surface area (Å²) in [5.41, 5.74) is -5.55. The minimum atomic E-state index is -1.81. The second-order valence-electron chi connectivity index (χ2n) is 7.47. The summed E-state index contributed by atoms with van der Waals surface area (Å²) < 4.78 is 79.5. The van der Waals surface area contributed by atoms with Gasteiger partial charge in [-0.15, -0.1) is 0 Å². The predicted molar refractivity (Wildman–Crippen MR) is 107 cm³/mol. The van der Waals surface area contributed by atoms with Crippen molar-refractivity contribution in [3.8, 4) is 0 Å². The lowest BCUT2D eigenvalue weighted by Gasteiger charge is -2.31. The first-order chi connectivity index (χ1) is 14.8. The molecule has 0 saturated heterocycles. The summed E-state index contributed by atoms with van der Waals surface area (Å²) in [5.74, 6) is -8.06. The Morgan fingerprint density at radius 1 is 0.688 bits per heavy atom. The first-order valence-corrected chi connectivity index (χ1v) is 9.53. The van der Waals surface area contributed by atoms with Gasteiger partial charge in [-0.1, -0.05) is 13.2 Å². The molecule has 0 radical (unpaired) electrons. The Morgan fingerprint density at radius 3 is 1.22 bits per heavy atom. The number of ether oxygens (including phenoxy) is 4. The van der Waals surface area contributed by atoms with Crippen molar-refractivity contribution in [3.05, 3.63) is 59.7 Å². The summed E-state index contributed by atoms with van der Waals surface area (Å²) in [6.07, 6.45) is 1.84. The molecule has 6 nitrogen and oxygen atoms in total. The largest absolute Gasteiger partial charge is 0.460 e. The van der Waals surface area contributed by atoms with Gasteiger partial charge in [0.15, 0.2) is 23.3 Å². The van der Waals surface area contributed by atoms with Gasteiger partial charge in [-0.25, -0.2) is 27.2 Å². The highest BCUT2D eigenvalue weighted by Crippen LogP contribution is 2.38. The maximum Gasteiger partial charge on any atom is 0.330 e. The van der Waals surface area contributed by atoms with Gasteiger partial charge in [-0.2, -0.15) is 0 Å². The van der Waals surface area contributed by atoms with E-state index >= 15 is 0 Å². The fourth-order valence-electron chi connectivity index (χ4n) is 2.83. The number of esters is 2. The van der Waals surface area contributed by atoms with Gasteiger partial charge in [0.05, 0.1) is 35.5 Å². The highest BCUT2D eigenvalue weighted by Gasteiger charge is 2.40. The molecule has 1 rings (SSSR count). The van der Waals surface area contributed by atoms with E-state index in [1.165, 1.54) is 27.7 Å². The van der Waals surface area contributed by atoms with Crippen LogP contribution in [0.1, 0.15) is 38.8 Å². The zero-order valence-corrected chi connectivity index (χ0v) is 18.4. The molecule has 1 aromatic rings. The molecule has 1 aromatic carbocycles. The van der Waals surface area contributed by atoms with Gasteiger partial charge in [0.1, 0.15) is 13.2 Å². The number of hydrogen-bond acceptors (Lipinski definition) is 6. The van der Waals surface area contributed by atoms with E-state index in [1.807, 2.05) is 0 Å². The fraction of sp³-hybridized carbons (Fsp3) is 0.455. The van der Waals surface area contributed by atoms with E-state index < -0.39 is 57.5 Å². The molecule has 0 amide bonds. The van der Waals surface area contributed by atoms with Crippen LogP contribution in [-0.4, -0.2) is 38.4 Å². The van der Waals surface area contributed by atoms with Crippen LogP contribution in [0.2, 0.25) is 0 Å². The third kappa shape index (κ3) is 6.64. The molecule has 0 N–H and O–H groups in total. The van der Waals surface area contributed by atoms with Gasteiger partial charge < -0.3 is 18.9 Å². The van der Waals surface area contributed by atoms with Crippen molar-refractivity contribution in [1.82, 2.24) is 0 Å². The standard InChI is InChI=1S/C22H26F4O6/c1-7-13(27)29-9-11-31-21(3,4)15-17(23)19(25)16(20(26)18(15)24)22(5,6)32-12-10-30-14(28)8-2/h7-8H,1-2,9-12H2,3-6H3. The minimum Gasteiger partial charge on any atom is -0.460 e. The van der Waals surface area contributed by atoms with Crippen molar-refractivity contribution in [2.24, 2.45) is 0 Å². The Kier molecular flexibility index (Phi) is 9.59. The predicted octanol–water partition coefficient (Wildman–Crippen LogP) is 4.20. The van der Waals surface area contributed by atoms with Crippen molar-refractivity contribution in [2.45, 2.75) is 38.9 Å². The Labute approximate surface area is 183 Å². The van der Waals surface area contributed by atoms with E-state index in [2.05, 4.69) is 13.2 Å². The van der Waals surface area contributed by atoms with Crippen LogP contribution in [0, 0.1) is 23.3 Å². The van der Waals surface area contributed by atoms with Crippen molar-refractivity contribution in [2.75, 3.05) is 26.4 Å². The SMILES string of the molecule is C=CC(=O)OCCOC(C)(C)c1c(F)c(F)c(C(C)(C)OCCOC(=O)C=C)c(F)c1F. The third-order valence-electron chi connectivity index (χ3n) is 4.38. The Bertz CT molecular complexity index is 780. The molecule has 0 saturated carbocycles. The van der Waals surface area contributed by atoms with Gasteiger partial charge in [0.25, 0.3) is 0 Å². The lowest BCUT2D eigenvalue weighted by molar-refractivity contribution is -0.142. The highest BCUT2D eigenvalue weighted by molar-refractivity contribution is 5.81. The Hall–Kier alpha value is -2.72. The molecule has 0 atom stereocenters. The molecule has 10 heteroatoms. The molecule has 0 aliphatic carbocycles. The molecule has 32 heavy (non-hydrogen) atoms. The molecule has 0 aliphatic rings. The van der Waals surface area contributed by atoms with E-state index in [0.29, 0.717) is 0 Å². The Morgan fingerprint density at radius 2 is 0.969 bits per heavy atom. The van der Waals surface area contributed by atoms with Crippen molar-refractivity contribution >= 4 is 11.9 Å². The molecule has 0 fully saturated rings. The summed E-state index contributed by atoms with van der Waals surface area (Å²) in [7, 11) is 0. The van der Waals surface area contributed by atoms with Gasteiger partial charge >= 0.3 is 11.9 Å². The summed E-state index contributed by atoms with van der Waals surface area (Å²) in [5, 5.41) is 0. The first-order valence-electron chi connectivity index (χ1n) is 9.53. The van der Waals surface area contributed by atoms with E-state index in [1.54, 1.807) is 0 Å². The quantitative estimate of drug-likeness (QED) is 0.152. The van der Waals surface area contributed by atoms with Crippen LogP contribution in [0.3, 0.4) is 0 Å². The average Bonchev–Trinajstić information content (AvgIpc) is 2.72. The molecular formula is C22H26F4O6. The van der Waals surface area contributed by atoms with Crippen LogP contribution in [-0.2, 0) is 39.7 Å². The van der Waals surface area contributed by atoms with Gasteiger partial charge in [-0.05, 0) is 27.7 Å². The summed E-state index contributed by atoms with van der Waals surface area (Å²) in [6, 6.07) is 0. The van der Waals surface area contributed by atoms with E-state index in [9.17, 15) is 27.2 Å². The Balaban J connectivity index is 3.13. The summed E-state index contributed by atoms with van der Waals surface area (Å²) in [6.45, 7) is 10.1. The topological polar surface area (TPSA) is 71.1 Å². The molecule has 0 bridgehead atoms. The first kappa shape index (κ1) is 27.3. The number of benzene rings is 1. The molecule has 178 valence electrons. The second-order valence-corrected chi connectivity index (χ2v) is 7.47. The smallest absolute Gasteiger partial charge is 0.330 e. The average molecular weight is 462 g/mol. The number of hydrogen-bond donors (Lipinski definition) is 0. The minimum absolute atomic E-state index is 0.266. The molecular weight excluding hydrogens is 436 g/mol. The molecule has 0 aliphatic heterocycles. The van der Waals surface area contributed by atoms with E-state index in [4.69, 9.17) is 18.9 Å². The van der Waals surface area contributed by atoms with Gasteiger partial charge in [0.2, 0.25) is 0 Å². The monoisotopic (exact) mass is 462 g/mol. The van der Waals surface area contributed by atoms with Gasteiger partial charge in [0, 0.05) is 12.2 Å². The maximum absolute atomic E-state index is 14.9. The van der Waals surface area contributed by atoms with Crippen LogP contribution in [0.4, 0.5) is 17.6 Å². The normalized spacial score (nSPS) is 11.8. The van der Waals surface area contributed by atoms with Crippen LogP contribution >= 0.6 is 0 Å². The molecule has 0 heterocycles. The van der Waals surface area contributed by atoms with Crippen LogP contribution < -0.4 is 0 Å². The van der Waals surface area contributed by atoms with E-state index in [-0.39, 0.29) is 26.4 Å². The zero-order chi connectivity index (χ0) is 24.7. The second kappa shape index (κ2) is 11.2. The lowest BCUT2D eigenvalue weighted by atomic mass is 9.89. The number of halogens is 4. The zero-order valence-electron chi connectivity index (χ0n) is 18.4. The van der Waals surface area contributed by atoms with Crippen molar-refractivity contribution in [3.63, 3.8) is 0 Å². The van der Waals surface area contributed by atoms with Crippen molar-refractivity contribution < 1.29 is 46.1 Å². The van der Waals surface area contributed by atoms with E-state index in [0.717, 1.165) is 12.2 Å². The highest BCUT2D eigenvalue weighted by atomic mass is 19.2. The molecule has 0 unspecified atom stereocenters. The molecule has 0 spiro atoms. The maximum atomic E-state index is 14.9. The summed E-state index contributed by atoms with van der Waals surface area (Å²) >= 11 is 0. The molecule has 0 aromatic heterocycles. The number of carbonyl (C=O) groups excluding carboxylic acids is 2. The van der Waals surface area contributed by atoms with Gasteiger partial charge in [-0.3, -0.25) is 0 Å². The number of carbonyl (C=O) groups is 2. The van der Waals surface area contributed by atoms with Crippen LogP contribution in [0.15, 0.2) is 25.3 Å².